The molecule has 0 bridgehead atoms. The monoisotopic (exact) mass is 300 g/mol. The standard InChI is InChI=1S/C14H24N2O3S/c17-14(15-11-5-7-20(18,19)8-6-11)13-9-10-3-1-2-4-12(10)16-13/h10-13,16H,1-9H2,(H,15,17)/t10-,12+,13+/m1/s1. The predicted octanol–water partition coefficient (Wildman–Crippen LogP) is 0.600. The molecule has 2 aliphatic heterocycles. The molecule has 5 nitrogen and oxygen atoms in total. The Hall–Kier alpha value is -0.620. The van der Waals surface area contributed by atoms with Crippen molar-refractivity contribution in [1.29, 1.82) is 0 Å². The van der Waals surface area contributed by atoms with E-state index in [1.54, 1.807) is 0 Å². The van der Waals surface area contributed by atoms with Crippen LogP contribution in [-0.2, 0) is 14.6 Å². The van der Waals surface area contributed by atoms with Crippen LogP contribution in [-0.4, -0.2) is 44.0 Å². The Balaban J connectivity index is 1.50. The van der Waals surface area contributed by atoms with E-state index in [-0.39, 0.29) is 29.5 Å². The van der Waals surface area contributed by atoms with Crippen molar-refractivity contribution in [2.45, 2.75) is 63.1 Å². The number of amides is 1. The van der Waals surface area contributed by atoms with Gasteiger partial charge < -0.3 is 10.6 Å². The zero-order chi connectivity index (χ0) is 14.2. The van der Waals surface area contributed by atoms with E-state index in [0.29, 0.717) is 24.8 Å². The fourth-order valence-electron chi connectivity index (χ4n) is 3.86. The maximum atomic E-state index is 12.3. The molecule has 1 aliphatic carbocycles. The van der Waals surface area contributed by atoms with Gasteiger partial charge in [0.15, 0.2) is 0 Å². The maximum Gasteiger partial charge on any atom is 0.237 e. The van der Waals surface area contributed by atoms with Crippen LogP contribution in [0.1, 0.15) is 44.9 Å². The van der Waals surface area contributed by atoms with E-state index in [4.69, 9.17) is 0 Å². The highest BCUT2D eigenvalue weighted by Gasteiger charge is 2.38. The van der Waals surface area contributed by atoms with Crippen LogP contribution < -0.4 is 10.6 Å². The van der Waals surface area contributed by atoms with Gasteiger partial charge in [-0.05, 0) is 38.0 Å². The number of hydrogen-bond donors (Lipinski definition) is 2. The third kappa shape index (κ3) is 3.17. The number of carbonyl (C=O) groups excluding carboxylic acids is 1. The summed E-state index contributed by atoms with van der Waals surface area (Å²) in [4.78, 5) is 12.3. The minimum Gasteiger partial charge on any atom is -0.352 e. The molecule has 2 heterocycles. The second kappa shape index (κ2) is 5.64. The first-order valence-electron chi connectivity index (χ1n) is 7.80. The largest absolute Gasteiger partial charge is 0.352 e. The summed E-state index contributed by atoms with van der Waals surface area (Å²) in [6, 6.07) is 0.489. The highest BCUT2D eigenvalue weighted by molar-refractivity contribution is 7.91. The fraction of sp³-hybridized carbons (Fsp3) is 0.929. The molecule has 1 saturated carbocycles. The van der Waals surface area contributed by atoms with Crippen LogP contribution in [0.15, 0.2) is 0 Å². The van der Waals surface area contributed by atoms with Crippen molar-refractivity contribution >= 4 is 15.7 Å². The van der Waals surface area contributed by atoms with Crippen molar-refractivity contribution in [2.75, 3.05) is 11.5 Å². The van der Waals surface area contributed by atoms with Crippen LogP contribution in [0.25, 0.3) is 0 Å². The van der Waals surface area contributed by atoms with Gasteiger partial charge >= 0.3 is 0 Å². The van der Waals surface area contributed by atoms with Crippen molar-refractivity contribution in [1.82, 2.24) is 10.6 Å². The Labute approximate surface area is 120 Å². The van der Waals surface area contributed by atoms with Crippen molar-refractivity contribution in [2.24, 2.45) is 5.92 Å². The quantitative estimate of drug-likeness (QED) is 0.783. The lowest BCUT2D eigenvalue weighted by atomic mass is 9.85. The minimum absolute atomic E-state index is 0.0375. The Kier molecular flexibility index (Phi) is 4.04. The molecular weight excluding hydrogens is 276 g/mol. The van der Waals surface area contributed by atoms with Gasteiger partial charge in [0.25, 0.3) is 0 Å². The van der Waals surface area contributed by atoms with Gasteiger partial charge in [-0.3, -0.25) is 4.79 Å². The molecule has 3 aliphatic rings. The molecule has 3 atom stereocenters. The van der Waals surface area contributed by atoms with Crippen LogP contribution >= 0.6 is 0 Å². The minimum atomic E-state index is -2.85. The molecule has 2 N–H and O–H groups in total. The van der Waals surface area contributed by atoms with Crippen LogP contribution in [0.4, 0.5) is 0 Å². The van der Waals surface area contributed by atoms with E-state index in [2.05, 4.69) is 10.6 Å². The van der Waals surface area contributed by atoms with Crippen LogP contribution in [0.2, 0.25) is 0 Å². The molecule has 2 saturated heterocycles. The summed E-state index contributed by atoms with van der Waals surface area (Å²) in [5.74, 6) is 1.15. The van der Waals surface area contributed by atoms with Crippen molar-refractivity contribution in [3.8, 4) is 0 Å². The predicted molar refractivity (Wildman–Crippen MR) is 77.1 cm³/mol. The number of fused-ring (bicyclic) bond motifs is 1. The summed E-state index contributed by atoms with van der Waals surface area (Å²) in [5.41, 5.74) is 0. The van der Waals surface area contributed by atoms with Crippen molar-refractivity contribution in [3.63, 3.8) is 0 Å². The summed E-state index contributed by atoms with van der Waals surface area (Å²) in [6.45, 7) is 0. The summed E-state index contributed by atoms with van der Waals surface area (Å²) in [5, 5.41) is 6.51. The third-order valence-corrected chi connectivity index (χ3v) is 6.80. The molecular formula is C14H24N2O3S. The molecule has 0 unspecified atom stereocenters. The van der Waals surface area contributed by atoms with Gasteiger partial charge in [0, 0.05) is 12.1 Å². The number of rotatable bonds is 2. The van der Waals surface area contributed by atoms with Gasteiger partial charge in [0.2, 0.25) is 5.91 Å². The summed E-state index contributed by atoms with van der Waals surface area (Å²) < 4.78 is 22.8. The van der Waals surface area contributed by atoms with Crippen LogP contribution in [0.3, 0.4) is 0 Å². The van der Waals surface area contributed by atoms with E-state index < -0.39 is 9.84 Å². The van der Waals surface area contributed by atoms with Gasteiger partial charge in [-0.1, -0.05) is 12.8 Å². The number of nitrogens with one attached hydrogen (secondary N) is 2. The smallest absolute Gasteiger partial charge is 0.237 e. The Morgan fingerprint density at radius 2 is 1.75 bits per heavy atom. The number of carbonyl (C=O) groups is 1. The molecule has 114 valence electrons. The highest BCUT2D eigenvalue weighted by Crippen LogP contribution is 2.33. The van der Waals surface area contributed by atoms with E-state index in [9.17, 15) is 13.2 Å². The average molecular weight is 300 g/mol. The van der Waals surface area contributed by atoms with Crippen LogP contribution in [0, 0.1) is 5.92 Å². The van der Waals surface area contributed by atoms with Gasteiger partial charge in [0.05, 0.1) is 17.5 Å². The zero-order valence-corrected chi connectivity index (χ0v) is 12.6. The van der Waals surface area contributed by atoms with Crippen molar-refractivity contribution < 1.29 is 13.2 Å². The molecule has 0 aromatic carbocycles. The third-order valence-electron chi connectivity index (χ3n) is 5.08. The van der Waals surface area contributed by atoms with Crippen LogP contribution in [0.5, 0.6) is 0 Å². The second-order valence-corrected chi connectivity index (χ2v) is 8.84. The second-order valence-electron chi connectivity index (χ2n) is 6.54. The molecule has 0 radical (unpaired) electrons. The average Bonchev–Trinajstić information content (AvgIpc) is 2.85. The summed E-state index contributed by atoms with van der Waals surface area (Å²) in [7, 11) is -2.85. The topological polar surface area (TPSA) is 75.3 Å². The molecule has 0 aromatic heterocycles. The lowest BCUT2D eigenvalue weighted by Gasteiger charge is -2.25. The van der Waals surface area contributed by atoms with Gasteiger partial charge in [0.1, 0.15) is 9.84 Å². The number of hydrogen-bond acceptors (Lipinski definition) is 4. The van der Waals surface area contributed by atoms with E-state index in [1.807, 2.05) is 0 Å². The highest BCUT2D eigenvalue weighted by atomic mass is 32.2. The molecule has 0 spiro atoms. The first-order chi connectivity index (χ1) is 9.53. The molecule has 20 heavy (non-hydrogen) atoms. The van der Waals surface area contributed by atoms with E-state index >= 15 is 0 Å². The first kappa shape index (κ1) is 14.3. The zero-order valence-electron chi connectivity index (χ0n) is 11.8. The van der Waals surface area contributed by atoms with E-state index in [1.165, 1.54) is 25.7 Å². The Morgan fingerprint density at radius 1 is 1.05 bits per heavy atom. The van der Waals surface area contributed by atoms with E-state index in [0.717, 1.165) is 6.42 Å². The molecule has 3 rings (SSSR count). The van der Waals surface area contributed by atoms with Gasteiger partial charge in [-0.15, -0.1) is 0 Å². The Bertz CT molecular complexity index is 449. The summed E-state index contributed by atoms with van der Waals surface area (Å²) in [6.07, 6.45) is 7.06. The number of sulfone groups is 1. The fourth-order valence-corrected chi connectivity index (χ4v) is 5.35. The molecule has 3 fully saturated rings. The summed E-state index contributed by atoms with van der Waals surface area (Å²) >= 11 is 0. The maximum absolute atomic E-state index is 12.3. The molecule has 1 amide bonds. The van der Waals surface area contributed by atoms with Crippen molar-refractivity contribution in [3.05, 3.63) is 0 Å². The lowest BCUT2D eigenvalue weighted by Crippen LogP contribution is -2.48. The van der Waals surface area contributed by atoms with Gasteiger partial charge in [-0.25, -0.2) is 8.42 Å². The molecule has 6 heteroatoms. The van der Waals surface area contributed by atoms with Gasteiger partial charge in [-0.2, -0.15) is 0 Å². The first-order valence-corrected chi connectivity index (χ1v) is 9.62. The molecule has 0 aromatic rings. The SMILES string of the molecule is O=C(NC1CCS(=O)(=O)CC1)[C@@H]1C[C@H]2CCCC[C@@H]2N1. The Morgan fingerprint density at radius 3 is 2.45 bits per heavy atom. The lowest BCUT2D eigenvalue weighted by molar-refractivity contribution is -0.123. The normalized spacial score (nSPS) is 37.3.